The summed E-state index contributed by atoms with van der Waals surface area (Å²) >= 11 is 1.50. The number of nitrogens with one attached hydrogen (secondary N) is 1. The summed E-state index contributed by atoms with van der Waals surface area (Å²) in [7, 11) is -3.36. The molecular formula is C14H22N2O2S2. The molecule has 2 heterocycles. The van der Waals surface area contributed by atoms with Crippen LogP contribution in [0.2, 0.25) is 0 Å². The van der Waals surface area contributed by atoms with Crippen LogP contribution in [0.15, 0.2) is 28.0 Å². The number of sulfonamides is 1. The van der Waals surface area contributed by atoms with E-state index in [1.807, 2.05) is 18.4 Å². The molecule has 0 fully saturated rings. The van der Waals surface area contributed by atoms with E-state index in [0.717, 1.165) is 11.3 Å². The van der Waals surface area contributed by atoms with Gasteiger partial charge in [-0.15, -0.1) is 11.3 Å². The standard InChI is InChI=1S/C14H22N2O2S2/c1-11(2)15-10-13-14(6-9-19-13)20(17,18)16-7-4-12(3)5-8-16/h4,6,9,11,15H,5,7-8,10H2,1-3H3. The maximum absolute atomic E-state index is 12.7. The van der Waals surface area contributed by atoms with Crippen LogP contribution < -0.4 is 5.32 Å². The van der Waals surface area contributed by atoms with Crippen LogP contribution in [-0.4, -0.2) is 31.9 Å². The molecule has 0 saturated heterocycles. The van der Waals surface area contributed by atoms with E-state index in [-0.39, 0.29) is 0 Å². The Morgan fingerprint density at radius 1 is 1.45 bits per heavy atom. The third-order valence-electron chi connectivity index (χ3n) is 3.39. The summed E-state index contributed by atoms with van der Waals surface area (Å²) < 4.78 is 27.0. The highest BCUT2D eigenvalue weighted by Crippen LogP contribution is 2.27. The lowest BCUT2D eigenvalue weighted by Gasteiger charge is -2.25. The van der Waals surface area contributed by atoms with Crippen LogP contribution in [0, 0.1) is 0 Å². The maximum Gasteiger partial charge on any atom is 0.244 e. The van der Waals surface area contributed by atoms with Gasteiger partial charge in [0, 0.05) is 30.6 Å². The summed E-state index contributed by atoms with van der Waals surface area (Å²) in [6.07, 6.45) is 2.82. The fraction of sp³-hybridized carbons (Fsp3) is 0.571. The highest BCUT2D eigenvalue weighted by Gasteiger charge is 2.28. The van der Waals surface area contributed by atoms with Gasteiger partial charge in [0.15, 0.2) is 0 Å². The van der Waals surface area contributed by atoms with E-state index in [4.69, 9.17) is 0 Å². The van der Waals surface area contributed by atoms with Crippen molar-refractivity contribution in [1.29, 1.82) is 0 Å². The molecule has 0 aliphatic carbocycles. The molecule has 0 saturated carbocycles. The first kappa shape index (κ1) is 15.7. The SMILES string of the molecule is CC1=CCN(S(=O)(=O)c2ccsc2CNC(C)C)CC1. The van der Waals surface area contributed by atoms with Gasteiger partial charge in [-0.3, -0.25) is 0 Å². The second-order valence-corrected chi connectivity index (χ2v) is 8.31. The zero-order valence-corrected chi connectivity index (χ0v) is 13.9. The first-order valence-electron chi connectivity index (χ1n) is 6.87. The Balaban J connectivity index is 2.20. The fourth-order valence-corrected chi connectivity index (χ4v) is 4.84. The molecular weight excluding hydrogens is 292 g/mol. The molecule has 0 amide bonds. The number of thiophene rings is 1. The number of nitrogens with zero attached hydrogens (tertiary/aromatic N) is 1. The summed E-state index contributed by atoms with van der Waals surface area (Å²) in [5, 5.41) is 5.14. The lowest BCUT2D eigenvalue weighted by molar-refractivity contribution is 0.430. The summed E-state index contributed by atoms with van der Waals surface area (Å²) in [5.74, 6) is 0. The van der Waals surface area contributed by atoms with E-state index < -0.39 is 10.0 Å². The molecule has 0 radical (unpaired) electrons. The van der Waals surface area contributed by atoms with Gasteiger partial charge in [0.25, 0.3) is 0 Å². The van der Waals surface area contributed by atoms with Crippen LogP contribution in [0.5, 0.6) is 0 Å². The smallest absolute Gasteiger partial charge is 0.244 e. The third-order valence-corrected chi connectivity index (χ3v) is 6.39. The lowest BCUT2D eigenvalue weighted by atomic mass is 10.1. The maximum atomic E-state index is 12.7. The normalized spacial score (nSPS) is 17.5. The van der Waals surface area contributed by atoms with Gasteiger partial charge in [0.1, 0.15) is 0 Å². The molecule has 0 aromatic carbocycles. The monoisotopic (exact) mass is 314 g/mol. The van der Waals surface area contributed by atoms with Crippen LogP contribution >= 0.6 is 11.3 Å². The van der Waals surface area contributed by atoms with Crippen molar-refractivity contribution in [3.63, 3.8) is 0 Å². The van der Waals surface area contributed by atoms with Gasteiger partial charge in [-0.05, 0) is 24.8 Å². The van der Waals surface area contributed by atoms with Crippen molar-refractivity contribution in [3.8, 4) is 0 Å². The second kappa shape index (κ2) is 6.39. The fourth-order valence-electron chi connectivity index (χ4n) is 2.09. The van der Waals surface area contributed by atoms with Crippen LogP contribution in [0.1, 0.15) is 32.1 Å². The Hall–Kier alpha value is -0.690. The Morgan fingerprint density at radius 2 is 2.20 bits per heavy atom. The summed E-state index contributed by atoms with van der Waals surface area (Å²) in [6, 6.07) is 2.07. The van der Waals surface area contributed by atoms with E-state index in [1.54, 1.807) is 10.4 Å². The minimum Gasteiger partial charge on any atom is -0.310 e. The molecule has 1 aromatic heterocycles. The molecule has 0 bridgehead atoms. The zero-order chi connectivity index (χ0) is 14.8. The largest absolute Gasteiger partial charge is 0.310 e. The predicted octanol–water partition coefficient (Wildman–Crippen LogP) is 2.59. The number of rotatable bonds is 5. The van der Waals surface area contributed by atoms with Gasteiger partial charge in [0.2, 0.25) is 10.0 Å². The van der Waals surface area contributed by atoms with Gasteiger partial charge in [-0.2, -0.15) is 4.31 Å². The van der Waals surface area contributed by atoms with Crippen LogP contribution in [0.25, 0.3) is 0 Å². The van der Waals surface area contributed by atoms with E-state index in [9.17, 15) is 8.42 Å². The van der Waals surface area contributed by atoms with E-state index in [2.05, 4.69) is 19.2 Å². The molecule has 0 unspecified atom stereocenters. The summed E-state index contributed by atoms with van der Waals surface area (Å²) in [4.78, 5) is 1.36. The van der Waals surface area contributed by atoms with Crippen molar-refractivity contribution in [1.82, 2.24) is 9.62 Å². The second-order valence-electron chi connectivity index (χ2n) is 5.41. The third kappa shape index (κ3) is 3.49. The van der Waals surface area contributed by atoms with Crippen molar-refractivity contribution in [2.45, 2.75) is 44.7 Å². The molecule has 4 nitrogen and oxygen atoms in total. The molecule has 1 aliphatic heterocycles. The van der Waals surface area contributed by atoms with Crippen molar-refractivity contribution in [3.05, 3.63) is 28.0 Å². The molecule has 2 rings (SSSR count). The summed E-state index contributed by atoms with van der Waals surface area (Å²) in [6.45, 7) is 7.83. The predicted molar refractivity (Wildman–Crippen MR) is 83.4 cm³/mol. The molecule has 112 valence electrons. The van der Waals surface area contributed by atoms with Crippen LogP contribution in [0.3, 0.4) is 0 Å². The first-order chi connectivity index (χ1) is 9.41. The molecule has 6 heteroatoms. The quantitative estimate of drug-likeness (QED) is 0.850. The molecule has 1 aliphatic rings. The first-order valence-corrected chi connectivity index (χ1v) is 9.18. The van der Waals surface area contributed by atoms with E-state index >= 15 is 0 Å². The van der Waals surface area contributed by atoms with Crippen molar-refractivity contribution in [2.75, 3.05) is 13.1 Å². The van der Waals surface area contributed by atoms with Crippen molar-refractivity contribution in [2.24, 2.45) is 0 Å². The van der Waals surface area contributed by atoms with Gasteiger partial charge in [-0.1, -0.05) is 25.5 Å². The lowest BCUT2D eigenvalue weighted by Crippen LogP contribution is -2.35. The van der Waals surface area contributed by atoms with E-state index in [1.165, 1.54) is 16.9 Å². The highest BCUT2D eigenvalue weighted by atomic mass is 32.2. The van der Waals surface area contributed by atoms with Crippen LogP contribution in [-0.2, 0) is 16.6 Å². The Bertz CT molecular complexity index is 588. The minimum absolute atomic E-state index is 0.341. The van der Waals surface area contributed by atoms with Gasteiger partial charge in [0.05, 0.1) is 4.90 Å². The average molecular weight is 314 g/mol. The Labute approximate surface area is 125 Å². The van der Waals surface area contributed by atoms with Crippen molar-refractivity contribution < 1.29 is 8.42 Å². The van der Waals surface area contributed by atoms with Gasteiger partial charge in [-0.25, -0.2) is 8.42 Å². The minimum atomic E-state index is -3.36. The summed E-state index contributed by atoms with van der Waals surface area (Å²) in [5.41, 5.74) is 1.27. The van der Waals surface area contributed by atoms with E-state index in [0.29, 0.717) is 30.6 Å². The highest BCUT2D eigenvalue weighted by molar-refractivity contribution is 7.89. The molecule has 1 aromatic rings. The molecule has 1 N–H and O–H groups in total. The number of hydrogen-bond donors (Lipinski definition) is 1. The topological polar surface area (TPSA) is 49.4 Å². The average Bonchev–Trinajstić information content (AvgIpc) is 2.86. The van der Waals surface area contributed by atoms with Gasteiger partial charge < -0.3 is 5.32 Å². The number of hydrogen-bond acceptors (Lipinski definition) is 4. The zero-order valence-electron chi connectivity index (χ0n) is 12.2. The van der Waals surface area contributed by atoms with Gasteiger partial charge >= 0.3 is 0 Å². The molecule has 20 heavy (non-hydrogen) atoms. The van der Waals surface area contributed by atoms with Crippen molar-refractivity contribution >= 4 is 21.4 Å². The van der Waals surface area contributed by atoms with Crippen LogP contribution in [0.4, 0.5) is 0 Å². The Morgan fingerprint density at radius 3 is 2.80 bits per heavy atom. The Kier molecular flexibility index (Phi) is 5.01. The molecule has 0 atom stereocenters. The molecule has 0 spiro atoms.